The monoisotopic (exact) mass is 519 g/mol. The van der Waals surface area contributed by atoms with Crippen LogP contribution in [0.4, 0.5) is 5.69 Å². The molecule has 1 aromatic carbocycles. The van der Waals surface area contributed by atoms with E-state index in [0.717, 1.165) is 11.3 Å². The molecule has 4 heterocycles. The number of rotatable bonds is 4. The summed E-state index contributed by atoms with van der Waals surface area (Å²) in [6, 6.07) is 18.8. The number of aromatic nitrogens is 3. The third-order valence-corrected chi connectivity index (χ3v) is 7.39. The van der Waals surface area contributed by atoms with E-state index in [1.807, 2.05) is 41.3 Å². The van der Waals surface area contributed by atoms with Gasteiger partial charge in [-0.15, -0.1) is 0 Å². The van der Waals surface area contributed by atoms with Gasteiger partial charge in [-0.1, -0.05) is 53.5 Å². The van der Waals surface area contributed by atoms with E-state index in [9.17, 15) is 15.2 Å². The second-order valence-electron chi connectivity index (χ2n) is 9.04. The molecular weight excluding hydrogens is 497 g/mol. The summed E-state index contributed by atoms with van der Waals surface area (Å²) in [6.45, 7) is 0.830. The van der Waals surface area contributed by atoms with Gasteiger partial charge in [0.15, 0.2) is 0 Å². The molecule has 1 saturated heterocycles. The Labute approximate surface area is 218 Å². The predicted molar refractivity (Wildman–Crippen MR) is 141 cm³/mol. The molecule has 1 N–H and O–H groups in total. The number of hydrogen-bond donors (Lipinski definition) is 1. The van der Waals surface area contributed by atoms with E-state index in [1.165, 1.54) is 4.57 Å². The molecule has 0 aliphatic carbocycles. The van der Waals surface area contributed by atoms with E-state index in [1.54, 1.807) is 31.4 Å². The van der Waals surface area contributed by atoms with Crippen LogP contribution in [0.2, 0.25) is 10.2 Å². The summed E-state index contributed by atoms with van der Waals surface area (Å²) >= 11 is 12.3. The van der Waals surface area contributed by atoms with Crippen molar-refractivity contribution < 1.29 is 5.11 Å². The smallest absolute Gasteiger partial charge is 0.270 e. The molecule has 9 heteroatoms. The van der Waals surface area contributed by atoms with Crippen molar-refractivity contribution in [3.05, 3.63) is 98.1 Å². The van der Waals surface area contributed by atoms with Crippen LogP contribution in [-0.4, -0.2) is 38.3 Å². The number of nitriles is 1. The van der Waals surface area contributed by atoms with E-state index in [4.69, 9.17) is 23.2 Å². The average molecular weight is 520 g/mol. The summed E-state index contributed by atoms with van der Waals surface area (Å²) in [5, 5.41) is 22.7. The van der Waals surface area contributed by atoms with Crippen LogP contribution in [0.25, 0.3) is 11.0 Å². The second-order valence-corrected chi connectivity index (χ2v) is 9.86. The first kappa shape index (κ1) is 24.3. The molecule has 0 radical (unpaired) electrons. The number of halogens is 2. The lowest BCUT2D eigenvalue weighted by Crippen LogP contribution is -2.49. The van der Waals surface area contributed by atoms with Crippen molar-refractivity contribution >= 4 is 39.9 Å². The quantitative estimate of drug-likeness (QED) is 0.393. The minimum atomic E-state index is -1.11. The lowest BCUT2D eigenvalue weighted by Gasteiger charge is -2.44. The highest BCUT2D eigenvalue weighted by atomic mass is 35.5. The lowest BCUT2D eigenvalue weighted by atomic mass is 9.74. The Balaban J connectivity index is 1.55. The first-order valence-corrected chi connectivity index (χ1v) is 12.3. The third kappa shape index (κ3) is 4.22. The van der Waals surface area contributed by atoms with Gasteiger partial charge < -0.3 is 14.6 Å². The molecular formula is C27H23Cl2N5O2. The molecule has 1 aliphatic heterocycles. The molecule has 0 bridgehead atoms. The molecule has 0 spiro atoms. The molecule has 36 heavy (non-hydrogen) atoms. The van der Waals surface area contributed by atoms with Gasteiger partial charge in [0, 0.05) is 26.3 Å². The SMILES string of the molecule is Cn1c(=O)c(C#N)c(N2CCC(O)([C@H](c3ccccc3)c3ccc(Cl)cn3)CC2)c2nc(Cl)ccc21. The van der Waals surface area contributed by atoms with Gasteiger partial charge in [-0.25, -0.2) is 4.98 Å². The number of nitrogens with zero attached hydrogens (tertiary/aromatic N) is 5. The van der Waals surface area contributed by atoms with E-state index < -0.39 is 11.2 Å². The molecule has 182 valence electrons. The number of anilines is 1. The highest BCUT2D eigenvalue weighted by Gasteiger charge is 2.43. The summed E-state index contributed by atoms with van der Waals surface area (Å²) in [4.78, 5) is 23.9. The fourth-order valence-corrected chi connectivity index (χ4v) is 5.40. The zero-order valence-electron chi connectivity index (χ0n) is 19.5. The van der Waals surface area contributed by atoms with Crippen molar-refractivity contribution in [2.45, 2.75) is 24.4 Å². The summed E-state index contributed by atoms with van der Waals surface area (Å²) in [6.07, 6.45) is 2.36. The number of aliphatic hydroxyl groups is 1. The van der Waals surface area contributed by atoms with Gasteiger partial charge in [0.1, 0.15) is 22.3 Å². The third-order valence-electron chi connectivity index (χ3n) is 6.95. The normalized spacial score (nSPS) is 16.0. The molecule has 1 aliphatic rings. The van der Waals surface area contributed by atoms with Crippen molar-refractivity contribution in [3.63, 3.8) is 0 Å². The number of pyridine rings is 3. The molecule has 0 unspecified atom stereocenters. The number of fused-ring (bicyclic) bond motifs is 1. The number of hydrogen-bond acceptors (Lipinski definition) is 6. The Morgan fingerprint density at radius 1 is 1.08 bits per heavy atom. The molecule has 1 atom stereocenters. The summed E-state index contributed by atoms with van der Waals surface area (Å²) in [7, 11) is 1.61. The van der Waals surface area contributed by atoms with Crippen LogP contribution in [0.5, 0.6) is 0 Å². The molecule has 5 rings (SSSR count). The van der Waals surface area contributed by atoms with Crippen LogP contribution in [0.1, 0.15) is 35.6 Å². The van der Waals surface area contributed by atoms with Crippen molar-refractivity contribution in [3.8, 4) is 6.07 Å². The molecule has 4 aromatic rings. The standard InChI is InChI=1S/C27H23Cl2N5O2/c1-33-21-9-10-22(29)32-24(21)25(19(15-30)26(33)35)34-13-11-27(36,12-14-34)23(17-5-3-2-4-6-17)20-8-7-18(28)16-31-20/h2-10,16,23,36H,11-14H2,1H3/t23-/m1/s1. The zero-order valence-corrected chi connectivity index (χ0v) is 21.0. The van der Waals surface area contributed by atoms with Gasteiger partial charge in [-0.2, -0.15) is 5.26 Å². The van der Waals surface area contributed by atoms with Gasteiger partial charge >= 0.3 is 0 Å². The Bertz CT molecular complexity index is 1520. The second kappa shape index (κ2) is 9.55. The first-order valence-electron chi connectivity index (χ1n) is 11.6. The maximum absolute atomic E-state index is 13.0. The topological polar surface area (TPSA) is 95.0 Å². The summed E-state index contributed by atoms with van der Waals surface area (Å²) < 4.78 is 1.42. The van der Waals surface area contributed by atoms with Crippen LogP contribution < -0.4 is 10.5 Å². The predicted octanol–water partition coefficient (Wildman–Crippen LogP) is 4.67. The maximum atomic E-state index is 13.0. The van der Waals surface area contributed by atoms with Gasteiger partial charge in [0.2, 0.25) is 0 Å². The van der Waals surface area contributed by atoms with Gasteiger partial charge in [0.25, 0.3) is 5.56 Å². The van der Waals surface area contributed by atoms with E-state index in [-0.39, 0.29) is 16.6 Å². The van der Waals surface area contributed by atoms with Gasteiger partial charge in [-0.05, 0) is 42.7 Å². The van der Waals surface area contributed by atoms with Gasteiger partial charge in [0.05, 0.1) is 33.4 Å². The Morgan fingerprint density at radius 2 is 1.81 bits per heavy atom. The fraction of sp³-hybridized carbons (Fsp3) is 0.259. The van der Waals surface area contributed by atoms with Crippen LogP contribution in [0, 0.1) is 11.3 Å². The minimum absolute atomic E-state index is 0.0178. The fourth-order valence-electron chi connectivity index (χ4n) is 5.14. The van der Waals surface area contributed by atoms with Crippen LogP contribution >= 0.6 is 23.2 Å². The summed E-state index contributed by atoms with van der Waals surface area (Å²) in [5.41, 5.74) is 1.74. The van der Waals surface area contributed by atoms with E-state index in [0.29, 0.717) is 47.7 Å². The van der Waals surface area contributed by atoms with Gasteiger partial charge in [-0.3, -0.25) is 9.78 Å². The van der Waals surface area contributed by atoms with Crippen molar-refractivity contribution in [1.29, 1.82) is 5.26 Å². The number of aryl methyl sites for hydroxylation is 1. The van der Waals surface area contributed by atoms with E-state index >= 15 is 0 Å². The van der Waals surface area contributed by atoms with Crippen LogP contribution in [0.3, 0.4) is 0 Å². The molecule has 0 amide bonds. The Morgan fingerprint density at radius 3 is 2.44 bits per heavy atom. The number of piperidine rings is 1. The average Bonchev–Trinajstić information content (AvgIpc) is 2.88. The van der Waals surface area contributed by atoms with E-state index in [2.05, 4.69) is 16.0 Å². The highest BCUT2D eigenvalue weighted by Crippen LogP contribution is 2.42. The Kier molecular flexibility index (Phi) is 6.44. The number of benzene rings is 1. The van der Waals surface area contributed by atoms with Crippen molar-refractivity contribution in [2.24, 2.45) is 7.05 Å². The maximum Gasteiger partial charge on any atom is 0.270 e. The molecule has 1 fully saturated rings. The Hall–Kier alpha value is -3.44. The molecule has 7 nitrogen and oxygen atoms in total. The molecule has 3 aromatic heterocycles. The van der Waals surface area contributed by atoms with Crippen LogP contribution in [0.15, 0.2) is 65.6 Å². The highest BCUT2D eigenvalue weighted by molar-refractivity contribution is 6.30. The summed E-state index contributed by atoms with van der Waals surface area (Å²) in [5.74, 6) is -0.374. The van der Waals surface area contributed by atoms with Crippen LogP contribution in [-0.2, 0) is 7.05 Å². The zero-order chi connectivity index (χ0) is 25.4. The lowest BCUT2D eigenvalue weighted by molar-refractivity contribution is -0.000537. The first-order chi connectivity index (χ1) is 17.3. The van der Waals surface area contributed by atoms with Crippen molar-refractivity contribution in [2.75, 3.05) is 18.0 Å². The largest absolute Gasteiger partial charge is 0.389 e. The minimum Gasteiger partial charge on any atom is -0.389 e. The van der Waals surface area contributed by atoms with Crippen molar-refractivity contribution in [1.82, 2.24) is 14.5 Å². The molecule has 0 saturated carbocycles.